The zero-order valence-electron chi connectivity index (χ0n) is 14.7. The molecule has 2 rings (SSSR count). The van der Waals surface area contributed by atoms with Gasteiger partial charge in [-0.2, -0.15) is 0 Å². The summed E-state index contributed by atoms with van der Waals surface area (Å²) in [6.07, 6.45) is 13.3. The predicted octanol–water partition coefficient (Wildman–Crippen LogP) is 4.15. The molecule has 2 N–H and O–H groups in total. The van der Waals surface area contributed by atoms with Crippen LogP contribution in [0, 0.1) is 10.8 Å². The number of carbonyl (C=O) groups is 1. The lowest BCUT2D eigenvalue weighted by atomic mass is 9.93. The van der Waals surface area contributed by atoms with Gasteiger partial charge >= 0.3 is 5.97 Å². The largest absolute Gasteiger partial charge is 0.481 e. The van der Waals surface area contributed by atoms with Gasteiger partial charge in [0.25, 0.3) is 0 Å². The Morgan fingerprint density at radius 2 is 1.52 bits per heavy atom. The van der Waals surface area contributed by atoms with Crippen molar-refractivity contribution in [2.75, 3.05) is 13.7 Å². The fourth-order valence-electron chi connectivity index (χ4n) is 3.87. The Bertz CT molecular complexity index is 372. The maximum absolute atomic E-state index is 10.8. The highest BCUT2D eigenvalue weighted by atomic mass is 16.5. The summed E-state index contributed by atoms with van der Waals surface area (Å²) in [4.78, 5) is 10.8. The quantitative estimate of drug-likeness (QED) is 0.471. The van der Waals surface area contributed by atoms with E-state index in [1.54, 1.807) is 7.11 Å². The van der Waals surface area contributed by atoms with E-state index in [0.29, 0.717) is 11.8 Å². The van der Waals surface area contributed by atoms with Gasteiger partial charge in [0.1, 0.15) is 0 Å². The van der Waals surface area contributed by atoms with Crippen LogP contribution in [0.5, 0.6) is 0 Å². The Labute approximate surface area is 140 Å². The highest BCUT2D eigenvalue weighted by molar-refractivity contribution is 5.68. The predicted molar refractivity (Wildman–Crippen MR) is 90.4 cm³/mol. The van der Waals surface area contributed by atoms with Crippen molar-refractivity contribution in [3.63, 3.8) is 0 Å². The highest BCUT2D eigenvalue weighted by Gasteiger charge is 2.43. The van der Waals surface area contributed by atoms with Gasteiger partial charge in [-0.1, -0.05) is 25.7 Å². The number of methoxy groups -OCH3 is 1. The maximum Gasteiger partial charge on any atom is 0.303 e. The zero-order chi connectivity index (χ0) is 16.8. The van der Waals surface area contributed by atoms with Crippen LogP contribution in [-0.2, 0) is 9.53 Å². The summed E-state index contributed by atoms with van der Waals surface area (Å²) in [5.41, 5.74) is 0.582. The topological polar surface area (TPSA) is 66.8 Å². The minimum absolute atomic E-state index is 0.108. The second kappa shape index (κ2) is 8.48. The lowest BCUT2D eigenvalue weighted by Crippen LogP contribution is -2.11. The summed E-state index contributed by atoms with van der Waals surface area (Å²) >= 11 is 0. The van der Waals surface area contributed by atoms with E-state index in [1.165, 1.54) is 25.7 Å². The number of hydrogen-bond donors (Lipinski definition) is 2. The first-order valence-corrected chi connectivity index (χ1v) is 9.38. The molecule has 1 atom stereocenters. The zero-order valence-corrected chi connectivity index (χ0v) is 14.7. The van der Waals surface area contributed by atoms with Gasteiger partial charge in [0.15, 0.2) is 0 Å². The molecule has 0 bridgehead atoms. The fourth-order valence-corrected chi connectivity index (χ4v) is 3.87. The molecule has 0 radical (unpaired) electrons. The van der Waals surface area contributed by atoms with Crippen molar-refractivity contribution in [3.8, 4) is 0 Å². The molecule has 0 aromatic heterocycles. The average Bonchev–Trinajstić information content (AvgIpc) is 3.39. The highest BCUT2D eigenvalue weighted by Crippen LogP contribution is 2.53. The number of carboxylic acid groups (broad SMARTS) is 1. The Morgan fingerprint density at radius 1 is 1.00 bits per heavy atom. The first kappa shape index (κ1) is 18.7. The van der Waals surface area contributed by atoms with Crippen LogP contribution in [0.15, 0.2) is 0 Å². The molecule has 0 amide bonds. The molecule has 23 heavy (non-hydrogen) atoms. The Hall–Kier alpha value is -0.610. The molecule has 2 aliphatic carbocycles. The van der Waals surface area contributed by atoms with Crippen LogP contribution >= 0.6 is 0 Å². The molecule has 0 aliphatic heterocycles. The van der Waals surface area contributed by atoms with Gasteiger partial charge < -0.3 is 14.9 Å². The van der Waals surface area contributed by atoms with Gasteiger partial charge in [-0.05, 0) is 62.2 Å². The van der Waals surface area contributed by atoms with Crippen LogP contribution in [0.4, 0.5) is 0 Å². The summed E-state index contributed by atoms with van der Waals surface area (Å²) in [7, 11) is 1.78. The van der Waals surface area contributed by atoms with E-state index in [-0.39, 0.29) is 11.5 Å². The lowest BCUT2D eigenvalue weighted by molar-refractivity contribution is -0.138. The first-order chi connectivity index (χ1) is 11.0. The van der Waals surface area contributed by atoms with Crippen LogP contribution in [-0.4, -0.2) is 36.0 Å². The molecule has 0 aromatic rings. The molecule has 0 spiro atoms. The smallest absolute Gasteiger partial charge is 0.303 e. The third-order valence-electron chi connectivity index (χ3n) is 5.88. The standard InChI is InChI=1S/C19H34O4/c1-23-15-19(12-13-19)9-5-3-7-16(20)6-2-4-8-18(10-11-18)14-17(21)22/h16,20H,2-15H2,1H3,(H,21,22). The van der Waals surface area contributed by atoms with Crippen molar-refractivity contribution in [1.29, 1.82) is 0 Å². The lowest BCUT2D eigenvalue weighted by Gasteiger charge is -2.15. The number of carboxylic acids is 1. The van der Waals surface area contributed by atoms with Gasteiger partial charge in [-0.25, -0.2) is 0 Å². The maximum atomic E-state index is 10.8. The molecular formula is C19H34O4. The second-order valence-electron chi connectivity index (χ2n) is 8.15. The van der Waals surface area contributed by atoms with Crippen molar-refractivity contribution in [1.82, 2.24) is 0 Å². The van der Waals surface area contributed by atoms with Gasteiger partial charge in [-0.15, -0.1) is 0 Å². The minimum atomic E-state index is -0.663. The minimum Gasteiger partial charge on any atom is -0.481 e. The van der Waals surface area contributed by atoms with Gasteiger partial charge in [-0.3, -0.25) is 4.79 Å². The van der Waals surface area contributed by atoms with E-state index < -0.39 is 5.97 Å². The molecular weight excluding hydrogens is 292 g/mol. The van der Waals surface area contributed by atoms with E-state index in [2.05, 4.69) is 0 Å². The normalized spacial score (nSPS) is 21.8. The van der Waals surface area contributed by atoms with Crippen molar-refractivity contribution in [2.45, 2.75) is 89.6 Å². The Balaban J connectivity index is 1.44. The number of hydrogen-bond acceptors (Lipinski definition) is 3. The number of aliphatic hydroxyl groups is 1. The molecule has 2 aliphatic rings. The molecule has 2 fully saturated rings. The van der Waals surface area contributed by atoms with Crippen molar-refractivity contribution in [2.24, 2.45) is 10.8 Å². The molecule has 0 aromatic carbocycles. The summed E-state index contributed by atoms with van der Waals surface area (Å²) in [5.74, 6) is -0.663. The second-order valence-corrected chi connectivity index (χ2v) is 8.15. The van der Waals surface area contributed by atoms with Crippen LogP contribution < -0.4 is 0 Å². The van der Waals surface area contributed by atoms with Crippen molar-refractivity contribution in [3.05, 3.63) is 0 Å². The van der Waals surface area contributed by atoms with Crippen LogP contribution in [0.3, 0.4) is 0 Å². The molecule has 1 unspecified atom stereocenters. The average molecular weight is 326 g/mol. The van der Waals surface area contributed by atoms with Crippen molar-refractivity contribution < 1.29 is 19.7 Å². The Kier molecular flexibility index (Phi) is 6.90. The summed E-state index contributed by atoms with van der Waals surface area (Å²) in [6.45, 7) is 0.896. The summed E-state index contributed by atoms with van der Waals surface area (Å²) in [6, 6.07) is 0. The van der Waals surface area contributed by atoms with Crippen LogP contribution in [0.2, 0.25) is 0 Å². The first-order valence-electron chi connectivity index (χ1n) is 9.38. The molecule has 4 heteroatoms. The fraction of sp³-hybridized carbons (Fsp3) is 0.947. The summed E-state index contributed by atoms with van der Waals surface area (Å²) in [5, 5.41) is 19.0. The van der Waals surface area contributed by atoms with E-state index >= 15 is 0 Å². The van der Waals surface area contributed by atoms with Gasteiger partial charge in [0, 0.05) is 7.11 Å². The third-order valence-corrected chi connectivity index (χ3v) is 5.88. The van der Waals surface area contributed by atoms with Gasteiger partial charge in [0.2, 0.25) is 0 Å². The number of rotatable bonds is 14. The monoisotopic (exact) mass is 326 g/mol. The van der Waals surface area contributed by atoms with Crippen molar-refractivity contribution >= 4 is 5.97 Å². The number of aliphatic carboxylic acids is 1. The molecule has 4 nitrogen and oxygen atoms in total. The SMILES string of the molecule is COCC1(CCCCC(O)CCCCC2(CC(=O)O)CC2)CC1. The van der Waals surface area contributed by atoms with Gasteiger partial charge in [0.05, 0.1) is 19.1 Å². The molecule has 0 saturated heterocycles. The molecule has 2 saturated carbocycles. The Morgan fingerprint density at radius 3 is 1.96 bits per heavy atom. The van der Waals surface area contributed by atoms with Crippen LogP contribution in [0.1, 0.15) is 83.5 Å². The van der Waals surface area contributed by atoms with E-state index in [1.807, 2.05) is 0 Å². The molecule has 134 valence electrons. The van der Waals surface area contributed by atoms with E-state index in [9.17, 15) is 9.90 Å². The number of unbranched alkanes of at least 4 members (excludes halogenated alkanes) is 2. The van der Waals surface area contributed by atoms with E-state index in [0.717, 1.165) is 58.0 Å². The molecule has 0 heterocycles. The van der Waals surface area contributed by atoms with Crippen LogP contribution in [0.25, 0.3) is 0 Å². The summed E-state index contributed by atoms with van der Waals surface area (Å²) < 4.78 is 5.28. The van der Waals surface area contributed by atoms with E-state index in [4.69, 9.17) is 9.84 Å². The third kappa shape index (κ3) is 6.80. The number of ether oxygens (including phenoxy) is 1. The number of aliphatic hydroxyl groups excluding tert-OH is 1.